The molecule has 4 heterocycles. The third kappa shape index (κ3) is 10.7. The van der Waals surface area contributed by atoms with Crippen LogP contribution in [-0.4, -0.2) is 101 Å². The van der Waals surface area contributed by atoms with Gasteiger partial charge >= 0.3 is 6.03 Å². The Morgan fingerprint density at radius 1 is 1.03 bits per heavy atom. The minimum Gasteiger partial charge on any atom is -0.497 e. The molecular weight excluding hydrogens is 827 g/mol. The first-order chi connectivity index (χ1) is 29.7. The minimum atomic E-state index is -3.93. The first kappa shape index (κ1) is 45.6. The van der Waals surface area contributed by atoms with Crippen molar-refractivity contribution in [2.24, 2.45) is 17.8 Å². The fourth-order valence-electron chi connectivity index (χ4n) is 8.59. The van der Waals surface area contributed by atoms with E-state index in [2.05, 4.69) is 32.6 Å². The summed E-state index contributed by atoms with van der Waals surface area (Å²) < 4.78 is 46.3. The van der Waals surface area contributed by atoms with Crippen LogP contribution in [-0.2, 0) is 24.4 Å². The summed E-state index contributed by atoms with van der Waals surface area (Å²) in [6.45, 7) is 13.3. The SMILES string of the molecule is COc1ccc2c(OC3C[C@H]4C(=O)N[C@]5(C(=O)NS(=O)(=O)C6CC6)C[C@H]5/C=C\CC[C@H](C)C[C@@H](C)[C@H](NC(=O)NC(C)(C)C)C(=O)N4C3)nc(-c3ccc(OC(C)C)nc3)cc2c1. The highest BCUT2D eigenvalue weighted by Gasteiger charge is 2.62. The Balaban J connectivity index is 1.25. The van der Waals surface area contributed by atoms with Gasteiger partial charge < -0.3 is 35.1 Å². The molecule has 340 valence electrons. The number of nitrogens with one attached hydrogen (secondary N) is 4. The quantitative estimate of drug-likeness (QED) is 0.190. The molecule has 16 nitrogen and oxygen atoms in total. The molecule has 17 heteroatoms. The number of hydrogen-bond acceptors (Lipinski definition) is 11. The number of rotatable bonds is 10. The number of urea groups is 1. The largest absolute Gasteiger partial charge is 0.497 e. The van der Waals surface area contributed by atoms with E-state index in [1.807, 2.05) is 78.0 Å². The summed E-state index contributed by atoms with van der Waals surface area (Å²) in [5.74, 6) is -1.22. The molecule has 1 saturated heterocycles. The van der Waals surface area contributed by atoms with Gasteiger partial charge in [-0.05, 0) is 121 Å². The van der Waals surface area contributed by atoms with E-state index in [4.69, 9.17) is 19.2 Å². The van der Waals surface area contributed by atoms with Crippen LogP contribution >= 0.6 is 0 Å². The number of nitrogens with zero attached hydrogens (tertiary/aromatic N) is 3. The summed E-state index contributed by atoms with van der Waals surface area (Å²) >= 11 is 0. The second-order valence-electron chi connectivity index (χ2n) is 19.0. The number of aromatic nitrogens is 2. The van der Waals surface area contributed by atoms with Crippen LogP contribution in [0.1, 0.15) is 93.4 Å². The van der Waals surface area contributed by atoms with Gasteiger partial charge in [-0.2, -0.15) is 0 Å². The molecule has 3 aromatic rings. The first-order valence-electron chi connectivity index (χ1n) is 22.0. The molecule has 2 aliphatic heterocycles. The molecule has 3 fully saturated rings. The predicted molar refractivity (Wildman–Crippen MR) is 237 cm³/mol. The average Bonchev–Trinajstić information content (AvgIpc) is 4.14. The Bertz CT molecular complexity index is 2360. The van der Waals surface area contributed by atoms with Gasteiger partial charge in [0.15, 0.2) is 0 Å². The number of methoxy groups -OCH3 is 1. The van der Waals surface area contributed by atoms with Gasteiger partial charge in [0.1, 0.15) is 29.5 Å². The molecule has 1 aromatic carbocycles. The topological polar surface area (TPSA) is 207 Å². The van der Waals surface area contributed by atoms with E-state index in [0.29, 0.717) is 54.0 Å². The van der Waals surface area contributed by atoms with Crippen molar-refractivity contribution in [1.82, 2.24) is 35.5 Å². The van der Waals surface area contributed by atoms with Gasteiger partial charge in [0.2, 0.25) is 33.6 Å². The summed E-state index contributed by atoms with van der Waals surface area (Å²) in [4.78, 5) is 68.1. The number of fused-ring (bicyclic) bond motifs is 3. The molecule has 5 amide bonds. The zero-order valence-electron chi connectivity index (χ0n) is 37.4. The van der Waals surface area contributed by atoms with Gasteiger partial charge in [-0.15, -0.1) is 0 Å². The first-order valence-corrected chi connectivity index (χ1v) is 23.5. The molecule has 2 aromatic heterocycles. The standard InChI is InChI=1S/C46H61N7O9S/c1-26(2)61-38-18-13-29(24-47-38)36-21-30-20-32(60-8)14-17-35(30)41(48-36)62-33-22-37-40(54)50-46(43(56)52-63(58,59)34-15-16-34)23-31(46)12-10-9-11-27(3)19-28(4)39(42(55)53(37)25-33)49-44(57)51-45(5,6)7/h10,12-14,17-18,20-21,24,26-28,31,33-34,37,39H,9,11,15-16,19,22-23,25H2,1-8H3,(H,50,54)(H,52,56)(H2,49,51,57)/b12-10-/t27-,28+,31+,33?,37-,39-,46+/m0/s1. The second-order valence-corrected chi connectivity index (χ2v) is 21.0. The maximum atomic E-state index is 15.0. The van der Waals surface area contributed by atoms with Crippen molar-refractivity contribution >= 4 is 44.5 Å². The van der Waals surface area contributed by atoms with Crippen molar-refractivity contribution in [1.29, 1.82) is 0 Å². The Kier molecular flexibility index (Phi) is 13.0. The maximum Gasteiger partial charge on any atom is 0.315 e. The molecule has 4 aliphatic rings. The van der Waals surface area contributed by atoms with E-state index in [1.54, 1.807) is 25.4 Å². The number of allylic oxidation sites excluding steroid dienone is 1. The lowest BCUT2D eigenvalue weighted by Crippen LogP contribution is -2.60. The molecule has 7 atom stereocenters. The number of sulfonamides is 1. The van der Waals surface area contributed by atoms with Crippen molar-refractivity contribution in [3.05, 3.63) is 54.7 Å². The number of amides is 5. The number of pyridine rings is 2. The summed E-state index contributed by atoms with van der Waals surface area (Å²) in [5, 5.41) is 9.55. The van der Waals surface area contributed by atoms with Crippen LogP contribution in [0.25, 0.3) is 22.0 Å². The van der Waals surface area contributed by atoms with Crippen molar-refractivity contribution in [2.75, 3.05) is 13.7 Å². The van der Waals surface area contributed by atoms with Crippen LogP contribution in [0.5, 0.6) is 17.5 Å². The van der Waals surface area contributed by atoms with E-state index in [0.717, 1.165) is 11.8 Å². The van der Waals surface area contributed by atoms with Gasteiger partial charge in [0, 0.05) is 41.1 Å². The summed E-state index contributed by atoms with van der Waals surface area (Å²) in [6, 6.07) is 8.30. The molecule has 2 aliphatic carbocycles. The monoisotopic (exact) mass is 887 g/mol. The number of hydrogen-bond donors (Lipinski definition) is 4. The highest BCUT2D eigenvalue weighted by molar-refractivity contribution is 7.91. The highest BCUT2D eigenvalue weighted by atomic mass is 32.2. The van der Waals surface area contributed by atoms with Crippen LogP contribution in [0.2, 0.25) is 0 Å². The van der Waals surface area contributed by atoms with E-state index in [1.165, 1.54) is 4.90 Å². The van der Waals surface area contributed by atoms with Crippen LogP contribution in [0, 0.1) is 17.8 Å². The third-order valence-electron chi connectivity index (χ3n) is 12.1. The molecule has 4 N–H and O–H groups in total. The zero-order valence-corrected chi connectivity index (χ0v) is 38.2. The fraction of sp³-hybridized carbons (Fsp3) is 0.565. The molecule has 0 spiro atoms. The summed E-state index contributed by atoms with van der Waals surface area (Å²) in [5.41, 5.74) is -0.890. The van der Waals surface area contributed by atoms with Gasteiger partial charge in [-0.1, -0.05) is 26.0 Å². The van der Waals surface area contributed by atoms with Crippen molar-refractivity contribution in [3.8, 4) is 28.8 Å². The molecule has 0 bridgehead atoms. The van der Waals surface area contributed by atoms with E-state index in [-0.39, 0.29) is 43.2 Å². The van der Waals surface area contributed by atoms with Crippen molar-refractivity contribution in [2.45, 2.75) is 134 Å². The lowest BCUT2D eigenvalue weighted by molar-refractivity contribution is -0.142. The van der Waals surface area contributed by atoms with E-state index < -0.39 is 74.2 Å². The zero-order chi connectivity index (χ0) is 45.4. The van der Waals surface area contributed by atoms with Crippen LogP contribution in [0.4, 0.5) is 4.79 Å². The predicted octanol–water partition coefficient (Wildman–Crippen LogP) is 5.40. The fourth-order valence-corrected chi connectivity index (χ4v) is 9.95. The Labute approximate surface area is 369 Å². The van der Waals surface area contributed by atoms with E-state index in [9.17, 15) is 22.8 Å². The molecule has 7 rings (SSSR count). The average molecular weight is 888 g/mol. The van der Waals surface area contributed by atoms with Gasteiger partial charge in [-0.3, -0.25) is 19.1 Å². The molecule has 2 saturated carbocycles. The molecule has 0 radical (unpaired) electrons. The van der Waals surface area contributed by atoms with Crippen molar-refractivity contribution in [3.63, 3.8) is 0 Å². The van der Waals surface area contributed by atoms with Crippen LogP contribution < -0.4 is 34.9 Å². The number of carbonyl (C=O) groups excluding carboxylic acids is 4. The second kappa shape index (κ2) is 18.0. The third-order valence-corrected chi connectivity index (χ3v) is 13.9. The van der Waals surface area contributed by atoms with Gasteiger partial charge in [0.25, 0.3) is 5.91 Å². The Morgan fingerprint density at radius 2 is 1.79 bits per heavy atom. The number of carbonyl (C=O) groups is 4. The van der Waals surface area contributed by atoms with Gasteiger partial charge in [0.05, 0.1) is 30.7 Å². The van der Waals surface area contributed by atoms with Crippen LogP contribution in [0.3, 0.4) is 0 Å². The maximum absolute atomic E-state index is 15.0. The molecule has 63 heavy (non-hydrogen) atoms. The normalized spacial score (nSPS) is 27.2. The Morgan fingerprint density at radius 3 is 2.46 bits per heavy atom. The lowest BCUT2D eigenvalue weighted by Gasteiger charge is -2.33. The minimum absolute atomic E-state index is 0.00813. The number of benzene rings is 1. The van der Waals surface area contributed by atoms with E-state index >= 15 is 4.79 Å². The highest BCUT2D eigenvalue weighted by Crippen LogP contribution is 2.46. The van der Waals surface area contributed by atoms with Crippen molar-refractivity contribution < 1.29 is 41.8 Å². The lowest BCUT2D eigenvalue weighted by atomic mass is 9.88. The summed E-state index contributed by atoms with van der Waals surface area (Å²) in [6.07, 6.45) is 7.84. The van der Waals surface area contributed by atoms with Gasteiger partial charge in [-0.25, -0.2) is 23.2 Å². The molecular formula is C46H61N7O9S. The smallest absolute Gasteiger partial charge is 0.315 e. The summed E-state index contributed by atoms with van der Waals surface area (Å²) in [7, 11) is -2.35. The number of ether oxygens (including phenoxy) is 3. The molecule has 1 unspecified atom stereocenters. The van der Waals surface area contributed by atoms with Crippen LogP contribution in [0.15, 0.2) is 54.7 Å². The Hall–Kier alpha value is -5.45.